The van der Waals surface area contributed by atoms with Crippen LogP contribution in [0.15, 0.2) is 6.07 Å². The van der Waals surface area contributed by atoms with Crippen molar-refractivity contribution in [3.05, 3.63) is 15.8 Å². The van der Waals surface area contributed by atoms with E-state index in [1.807, 2.05) is 6.92 Å². The maximum atomic E-state index is 11.6. The summed E-state index contributed by atoms with van der Waals surface area (Å²) >= 11 is 1.38. The molecule has 0 unspecified atom stereocenters. The van der Waals surface area contributed by atoms with E-state index in [9.17, 15) is 4.79 Å². The summed E-state index contributed by atoms with van der Waals surface area (Å²) in [5.74, 6) is -0.269. The van der Waals surface area contributed by atoms with Crippen molar-refractivity contribution in [3.8, 4) is 0 Å². The summed E-state index contributed by atoms with van der Waals surface area (Å²) in [6, 6.07) is 1.68. The highest BCUT2D eigenvalue weighted by Gasteiger charge is 2.15. The Balaban J connectivity index is 2.47. The lowest BCUT2D eigenvalue weighted by atomic mass is 9.93. The molecule has 0 saturated heterocycles. The Bertz CT molecular complexity index is 357. The summed E-state index contributed by atoms with van der Waals surface area (Å²) in [6.45, 7) is 8.71. The first-order valence-corrected chi connectivity index (χ1v) is 6.14. The Kier molecular flexibility index (Phi) is 3.97. The maximum absolute atomic E-state index is 11.6. The summed E-state index contributed by atoms with van der Waals surface area (Å²) in [7, 11) is 0. The van der Waals surface area contributed by atoms with E-state index in [1.165, 1.54) is 11.3 Å². The molecular formula is C12H19NO2S. The third-order valence-electron chi connectivity index (χ3n) is 2.24. The zero-order valence-electron chi connectivity index (χ0n) is 10.3. The highest BCUT2D eigenvalue weighted by molar-refractivity contribution is 7.14. The fraction of sp³-hybridized carbons (Fsp3) is 0.583. The third kappa shape index (κ3) is 3.85. The van der Waals surface area contributed by atoms with Crippen molar-refractivity contribution in [1.82, 2.24) is 0 Å². The summed E-state index contributed by atoms with van der Waals surface area (Å²) in [5, 5.41) is 0. The van der Waals surface area contributed by atoms with Crippen LogP contribution in [0.4, 0.5) is 5.69 Å². The van der Waals surface area contributed by atoms with Gasteiger partial charge in [0, 0.05) is 10.6 Å². The standard InChI is InChI=1S/C12H19NO2S/c1-8-9(13)7-10(16-8)11(14)15-6-5-12(2,3)4/h7H,5-6,13H2,1-4H3. The number of rotatable bonds is 3. The van der Waals surface area contributed by atoms with E-state index >= 15 is 0 Å². The number of ether oxygens (including phenoxy) is 1. The Hall–Kier alpha value is -1.03. The van der Waals surface area contributed by atoms with Crippen LogP contribution in [0, 0.1) is 12.3 Å². The van der Waals surface area contributed by atoms with E-state index in [0.29, 0.717) is 17.2 Å². The maximum Gasteiger partial charge on any atom is 0.348 e. The summed E-state index contributed by atoms with van der Waals surface area (Å²) in [6.07, 6.45) is 0.860. The van der Waals surface area contributed by atoms with E-state index in [1.54, 1.807) is 6.07 Å². The lowest BCUT2D eigenvalue weighted by Gasteiger charge is -2.17. The van der Waals surface area contributed by atoms with E-state index in [0.717, 1.165) is 11.3 Å². The molecule has 0 radical (unpaired) electrons. The van der Waals surface area contributed by atoms with Gasteiger partial charge in [-0.05, 0) is 24.8 Å². The number of esters is 1. The number of hydrogen-bond acceptors (Lipinski definition) is 4. The molecule has 0 amide bonds. The molecule has 0 saturated carbocycles. The van der Waals surface area contributed by atoms with Crippen molar-refractivity contribution in [1.29, 1.82) is 0 Å². The molecule has 0 fully saturated rings. The Morgan fingerprint density at radius 2 is 2.12 bits per heavy atom. The van der Waals surface area contributed by atoms with Crippen LogP contribution >= 0.6 is 11.3 Å². The van der Waals surface area contributed by atoms with Crippen LogP contribution in [0.3, 0.4) is 0 Å². The van der Waals surface area contributed by atoms with E-state index in [-0.39, 0.29) is 11.4 Å². The second-order valence-electron chi connectivity index (χ2n) is 5.07. The molecule has 1 rings (SSSR count). The van der Waals surface area contributed by atoms with Crippen LogP contribution in [-0.4, -0.2) is 12.6 Å². The summed E-state index contributed by atoms with van der Waals surface area (Å²) in [4.78, 5) is 13.2. The van der Waals surface area contributed by atoms with Gasteiger partial charge >= 0.3 is 5.97 Å². The van der Waals surface area contributed by atoms with Gasteiger partial charge in [-0.2, -0.15) is 0 Å². The second kappa shape index (κ2) is 4.87. The molecule has 1 heterocycles. The topological polar surface area (TPSA) is 52.3 Å². The number of nitrogen functional groups attached to an aromatic ring is 1. The predicted octanol–water partition coefficient (Wildman–Crippen LogP) is 3.23. The van der Waals surface area contributed by atoms with Gasteiger partial charge in [0.05, 0.1) is 6.61 Å². The second-order valence-corrected chi connectivity index (χ2v) is 6.33. The first-order valence-electron chi connectivity index (χ1n) is 5.32. The minimum Gasteiger partial charge on any atom is -0.461 e. The molecular weight excluding hydrogens is 222 g/mol. The largest absolute Gasteiger partial charge is 0.461 e. The predicted molar refractivity (Wildman–Crippen MR) is 67.8 cm³/mol. The highest BCUT2D eigenvalue weighted by atomic mass is 32.1. The Morgan fingerprint density at radius 3 is 2.56 bits per heavy atom. The highest BCUT2D eigenvalue weighted by Crippen LogP contribution is 2.24. The first kappa shape index (κ1) is 13.0. The number of hydrogen-bond donors (Lipinski definition) is 1. The number of thiophene rings is 1. The van der Waals surface area contributed by atoms with Crippen LogP contribution in [0.25, 0.3) is 0 Å². The van der Waals surface area contributed by atoms with Crippen LogP contribution in [-0.2, 0) is 4.74 Å². The van der Waals surface area contributed by atoms with Gasteiger partial charge in [-0.15, -0.1) is 11.3 Å². The van der Waals surface area contributed by atoms with Crippen LogP contribution < -0.4 is 5.73 Å². The molecule has 0 aromatic carbocycles. The van der Waals surface area contributed by atoms with Gasteiger partial charge in [-0.3, -0.25) is 0 Å². The smallest absolute Gasteiger partial charge is 0.348 e. The van der Waals surface area contributed by atoms with E-state index in [4.69, 9.17) is 10.5 Å². The minimum atomic E-state index is -0.269. The van der Waals surface area contributed by atoms with Gasteiger partial charge in [0.25, 0.3) is 0 Å². The van der Waals surface area contributed by atoms with Crippen molar-refractivity contribution >= 4 is 23.0 Å². The van der Waals surface area contributed by atoms with E-state index in [2.05, 4.69) is 20.8 Å². The molecule has 0 spiro atoms. The zero-order valence-corrected chi connectivity index (χ0v) is 11.1. The van der Waals surface area contributed by atoms with Crippen LogP contribution in [0.5, 0.6) is 0 Å². The van der Waals surface area contributed by atoms with Crippen LogP contribution in [0.1, 0.15) is 41.7 Å². The number of carbonyl (C=O) groups excluding carboxylic acids is 1. The molecule has 16 heavy (non-hydrogen) atoms. The SMILES string of the molecule is Cc1sc(C(=O)OCCC(C)(C)C)cc1N. The minimum absolute atomic E-state index is 0.185. The number of aryl methyl sites for hydroxylation is 1. The average Bonchev–Trinajstić information content (AvgIpc) is 2.45. The molecule has 0 aliphatic carbocycles. The quantitative estimate of drug-likeness (QED) is 0.827. The van der Waals surface area contributed by atoms with Gasteiger partial charge in [0.15, 0.2) is 0 Å². The average molecular weight is 241 g/mol. The Labute approximate surface area is 101 Å². The van der Waals surface area contributed by atoms with Crippen LogP contribution in [0.2, 0.25) is 0 Å². The molecule has 0 atom stereocenters. The molecule has 90 valence electrons. The van der Waals surface area contributed by atoms with Crippen molar-refractivity contribution in [3.63, 3.8) is 0 Å². The van der Waals surface area contributed by atoms with Crippen molar-refractivity contribution < 1.29 is 9.53 Å². The monoisotopic (exact) mass is 241 g/mol. The summed E-state index contributed by atoms with van der Waals surface area (Å²) < 4.78 is 5.19. The summed E-state index contributed by atoms with van der Waals surface area (Å²) in [5.41, 5.74) is 6.52. The number of carbonyl (C=O) groups is 1. The molecule has 1 aromatic rings. The molecule has 4 heteroatoms. The molecule has 2 N–H and O–H groups in total. The lowest BCUT2D eigenvalue weighted by Crippen LogP contribution is -2.12. The third-order valence-corrected chi connectivity index (χ3v) is 3.29. The lowest BCUT2D eigenvalue weighted by molar-refractivity contribution is 0.0470. The normalized spacial score (nSPS) is 11.5. The molecule has 0 aliphatic rings. The number of anilines is 1. The van der Waals surface area contributed by atoms with E-state index < -0.39 is 0 Å². The van der Waals surface area contributed by atoms with Crippen molar-refractivity contribution in [2.45, 2.75) is 34.1 Å². The fourth-order valence-corrected chi connectivity index (χ4v) is 1.95. The molecule has 1 aromatic heterocycles. The van der Waals surface area contributed by atoms with Gasteiger partial charge in [0.2, 0.25) is 0 Å². The van der Waals surface area contributed by atoms with Crippen molar-refractivity contribution in [2.75, 3.05) is 12.3 Å². The molecule has 0 aliphatic heterocycles. The zero-order chi connectivity index (χ0) is 12.3. The first-order chi connectivity index (χ1) is 7.29. The number of nitrogens with two attached hydrogens (primary N) is 1. The van der Waals surface area contributed by atoms with Crippen molar-refractivity contribution in [2.24, 2.45) is 5.41 Å². The fourth-order valence-electron chi connectivity index (χ4n) is 1.12. The Morgan fingerprint density at radius 1 is 1.50 bits per heavy atom. The van der Waals surface area contributed by atoms with Gasteiger partial charge < -0.3 is 10.5 Å². The van der Waals surface area contributed by atoms with Gasteiger partial charge in [0.1, 0.15) is 4.88 Å². The molecule has 0 bridgehead atoms. The molecule has 3 nitrogen and oxygen atoms in total. The van der Waals surface area contributed by atoms with Gasteiger partial charge in [-0.1, -0.05) is 20.8 Å². The van der Waals surface area contributed by atoms with Gasteiger partial charge in [-0.25, -0.2) is 4.79 Å².